The van der Waals surface area contributed by atoms with Gasteiger partial charge in [-0.15, -0.1) is 0 Å². The molecule has 8 nitrogen and oxygen atoms in total. The molecule has 1 aliphatic rings. The number of anilines is 1. The van der Waals surface area contributed by atoms with Crippen LogP contribution in [0.4, 0.5) is 11.4 Å². The van der Waals surface area contributed by atoms with Crippen molar-refractivity contribution in [2.75, 3.05) is 25.6 Å². The van der Waals surface area contributed by atoms with Crippen molar-refractivity contribution in [1.29, 1.82) is 0 Å². The monoisotopic (exact) mass is 455 g/mol. The topological polar surface area (TPSA) is 97.3 Å². The van der Waals surface area contributed by atoms with Crippen molar-refractivity contribution in [2.24, 2.45) is 4.99 Å². The molecule has 1 heterocycles. The van der Waals surface area contributed by atoms with Crippen LogP contribution in [0.2, 0.25) is 0 Å². The van der Waals surface area contributed by atoms with Crippen molar-refractivity contribution in [1.82, 2.24) is 4.90 Å². The fourth-order valence-corrected chi connectivity index (χ4v) is 3.98. The van der Waals surface area contributed by atoms with E-state index in [0.29, 0.717) is 35.3 Å². The van der Waals surface area contributed by atoms with Crippen LogP contribution in [0.1, 0.15) is 30.6 Å². The highest BCUT2D eigenvalue weighted by Gasteiger charge is 2.34. The molecule has 2 aromatic rings. The van der Waals surface area contributed by atoms with Crippen molar-refractivity contribution < 1.29 is 23.9 Å². The SMILES string of the molecule is CCOC(=O)c1ccc(N=C2SC(C(=O)Nc3ccc(OCC)cc3)CC(=O)N2C)cc1. The van der Waals surface area contributed by atoms with E-state index in [2.05, 4.69) is 10.3 Å². The van der Waals surface area contributed by atoms with Gasteiger partial charge < -0.3 is 14.8 Å². The summed E-state index contributed by atoms with van der Waals surface area (Å²) < 4.78 is 10.4. The second kappa shape index (κ2) is 10.8. The smallest absolute Gasteiger partial charge is 0.338 e. The first-order valence-electron chi connectivity index (χ1n) is 10.2. The number of hydrogen-bond donors (Lipinski definition) is 1. The molecule has 9 heteroatoms. The lowest BCUT2D eigenvalue weighted by atomic mass is 10.2. The van der Waals surface area contributed by atoms with E-state index in [0.717, 1.165) is 5.75 Å². The molecule has 2 aromatic carbocycles. The fourth-order valence-electron chi connectivity index (χ4n) is 2.92. The van der Waals surface area contributed by atoms with Crippen molar-refractivity contribution in [3.8, 4) is 5.75 Å². The Morgan fingerprint density at radius 1 is 1.09 bits per heavy atom. The molecule has 0 saturated carbocycles. The number of benzene rings is 2. The van der Waals surface area contributed by atoms with E-state index in [4.69, 9.17) is 9.47 Å². The Balaban J connectivity index is 1.70. The number of carbonyl (C=O) groups excluding carboxylic acids is 3. The van der Waals surface area contributed by atoms with E-state index in [9.17, 15) is 14.4 Å². The largest absolute Gasteiger partial charge is 0.494 e. The molecular formula is C23H25N3O5S. The maximum absolute atomic E-state index is 12.8. The van der Waals surface area contributed by atoms with Gasteiger partial charge in [0.25, 0.3) is 0 Å². The second-order valence-electron chi connectivity index (χ2n) is 6.87. The van der Waals surface area contributed by atoms with Crippen LogP contribution >= 0.6 is 11.8 Å². The maximum Gasteiger partial charge on any atom is 0.338 e. The standard InChI is InChI=1S/C23H25N3O5S/c1-4-30-18-12-10-16(11-13-18)24-21(28)19-14-20(27)26(3)23(32-19)25-17-8-6-15(7-9-17)22(29)31-5-2/h6-13,19H,4-5,14H2,1-3H3,(H,24,28). The molecule has 1 atom stereocenters. The fraction of sp³-hybridized carbons (Fsp3) is 0.304. The van der Waals surface area contributed by atoms with E-state index >= 15 is 0 Å². The van der Waals surface area contributed by atoms with Crippen molar-refractivity contribution >= 4 is 46.1 Å². The van der Waals surface area contributed by atoms with Gasteiger partial charge >= 0.3 is 5.97 Å². The summed E-state index contributed by atoms with van der Waals surface area (Å²) in [6, 6.07) is 13.6. The summed E-state index contributed by atoms with van der Waals surface area (Å²) >= 11 is 1.22. The van der Waals surface area contributed by atoms with Gasteiger partial charge in [0.1, 0.15) is 11.0 Å². The molecule has 1 saturated heterocycles. The van der Waals surface area contributed by atoms with Crippen LogP contribution in [-0.4, -0.2) is 53.4 Å². The molecule has 0 bridgehead atoms. The molecule has 168 valence electrons. The summed E-state index contributed by atoms with van der Waals surface area (Å²) in [6.45, 7) is 4.51. The lowest BCUT2D eigenvalue weighted by Crippen LogP contribution is -2.43. The summed E-state index contributed by atoms with van der Waals surface area (Å²) in [5, 5.41) is 2.65. The van der Waals surface area contributed by atoms with Gasteiger partial charge in [-0.2, -0.15) is 0 Å². The molecule has 32 heavy (non-hydrogen) atoms. The highest BCUT2D eigenvalue weighted by Crippen LogP contribution is 2.29. The molecule has 1 unspecified atom stereocenters. The zero-order chi connectivity index (χ0) is 23.1. The number of thioether (sulfide) groups is 1. The third-order valence-electron chi connectivity index (χ3n) is 4.60. The average Bonchev–Trinajstić information content (AvgIpc) is 2.79. The molecule has 0 radical (unpaired) electrons. The first-order valence-corrected chi connectivity index (χ1v) is 11.1. The summed E-state index contributed by atoms with van der Waals surface area (Å²) in [6.07, 6.45) is 0.0743. The lowest BCUT2D eigenvalue weighted by molar-refractivity contribution is -0.128. The van der Waals surface area contributed by atoms with Crippen molar-refractivity contribution in [3.05, 3.63) is 54.1 Å². The zero-order valence-electron chi connectivity index (χ0n) is 18.2. The summed E-state index contributed by atoms with van der Waals surface area (Å²) in [5.74, 6) is -0.154. The summed E-state index contributed by atoms with van der Waals surface area (Å²) in [7, 11) is 1.63. The number of hydrogen-bond acceptors (Lipinski definition) is 7. The second-order valence-corrected chi connectivity index (χ2v) is 8.04. The predicted molar refractivity (Wildman–Crippen MR) is 125 cm³/mol. The van der Waals surface area contributed by atoms with Gasteiger partial charge in [0.05, 0.1) is 24.5 Å². The molecule has 3 rings (SSSR count). The van der Waals surface area contributed by atoms with Crippen LogP contribution in [0, 0.1) is 0 Å². The van der Waals surface area contributed by atoms with Gasteiger partial charge in [-0.3, -0.25) is 14.5 Å². The molecular weight excluding hydrogens is 430 g/mol. The molecule has 0 aliphatic carbocycles. The molecule has 2 amide bonds. The van der Waals surface area contributed by atoms with Gasteiger partial charge in [0.2, 0.25) is 11.8 Å². The Morgan fingerprint density at radius 3 is 2.41 bits per heavy atom. The quantitative estimate of drug-likeness (QED) is 0.637. The average molecular weight is 456 g/mol. The van der Waals surface area contributed by atoms with Crippen LogP contribution in [-0.2, 0) is 14.3 Å². The number of nitrogens with one attached hydrogen (secondary N) is 1. The van der Waals surface area contributed by atoms with E-state index in [-0.39, 0.29) is 18.2 Å². The number of amidine groups is 1. The number of amides is 2. The predicted octanol–water partition coefficient (Wildman–Crippen LogP) is 3.85. The highest BCUT2D eigenvalue weighted by molar-refractivity contribution is 8.15. The van der Waals surface area contributed by atoms with Crippen LogP contribution < -0.4 is 10.1 Å². The Bertz CT molecular complexity index is 1010. The number of nitrogens with zero attached hydrogens (tertiary/aromatic N) is 2. The van der Waals surface area contributed by atoms with Crippen molar-refractivity contribution in [2.45, 2.75) is 25.5 Å². The third-order valence-corrected chi connectivity index (χ3v) is 5.84. The van der Waals surface area contributed by atoms with Crippen LogP contribution in [0.5, 0.6) is 5.75 Å². The van der Waals surface area contributed by atoms with Gasteiger partial charge in [0.15, 0.2) is 5.17 Å². The van der Waals surface area contributed by atoms with E-state index < -0.39 is 11.2 Å². The molecule has 1 aliphatic heterocycles. The van der Waals surface area contributed by atoms with Crippen molar-refractivity contribution in [3.63, 3.8) is 0 Å². The maximum atomic E-state index is 12.8. The van der Waals surface area contributed by atoms with Gasteiger partial charge in [0, 0.05) is 19.2 Å². The molecule has 1 fully saturated rings. The molecule has 0 aromatic heterocycles. The Kier molecular flexibility index (Phi) is 7.88. The number of ether oxygens (including phenoxy) is 2. The minimum atomic E-state index is -0.608. The Labute approximate surface area is 191 Å². The zero-order valence-corrected chi connectivity index (χ0v) is 19.0. The van der Waals surface area contributed by atoms with Crippen LogP contribution in [0.3, 0.4) is 0 Å². The summed E-state index contributed by atoms with van der Waals surface area (Å²) in [5.41, 5.74) is 1.61. The summed E-state index contributed by atoms with van der Waals surface area (Å²) in [4.78, 5) is 43.0. The van der Waals surface area contributed by atoms with Gasteiger partial charge in [-0.1, -0.05) is 11.8 Å². The first kappa shape index (κ1) is 23.3. The molecule has 0 spiro atoms. The number of esters is 1. The Morgan fingerprint density at radius 2 is 1.78 bits per heavy atom. The van der Waals surface area contributed by atoms with E-state index in [1.165, 1.54) is 16.7 Å². The number of rotatable bonds is 7. The molecule has 1 N–H and O–H groups in total. The van der Waals surface area contributed by atoms with E-state index in [1.54, 1.807) is 62.5 Å². The normalized spacial score (nSPS) is 17.2. The third kappa shape index (κ3) is 5.88. The van der Waals surface area contributed by atoms with Gasteiger partial charge in [-0.05, 0) is 62.4 Å². The first-order chi connectivity index (χ1) is 15.4. The van der Waals surface area contributed by atoms with Gasteiger partial charge in [-0.25, -0.2) is 9.79 Å². The highest BCUT2D eigenvalue weighted by atomic mass is 32.2. The van der Waals surface area contributed by atoms with Crippen LogP contribution in [0.15, 0.2) is 53.5 Å². The minimum absolute atomic E-state index is 0.0743. The van der Waals surface area contributed by atoms with Crippen LogP contribution in [0.25, 0.3) is 0 Å². The Hall–Kier alpha value is -3.33. The number of carbonyl (C=O) groups is 3. The minimum Gasteiger partial charge on any atom is -0.494 e. The lowest BCUT2D eigenvalue weighted by Gasteiger charge is -2.28. The number of aliphatic imine (C=N–C) groups is 1. The van der Waals surface area contributed by atoms with E-state index in [1.807, 2.05) is 6.92 Å².